The molecule has 1 fully saturated rings. The number of fused-ring (bicyclic) bond motifs is 1. The highest BCUT2D eigenvalue weighted by Crippen LogP contribution is 2.29. The fourth-order valence-electron chi connectivity index (χ4n) is 5.70. The summed E-state index contributed by atoms with van der Waals surface area (Å²) in [5.74, 6) is 1.71. The molecule has 0 spiro atoms. The molecule has 218 valence electrons. The van der Waals surface area contributed by atoms with E-state index in [1.807, 2.05) is 0 Å². The predicted octanol–water partition coefficient (Wildman–Crippen LogP) is 4.36. The number of nitrogens with zero attached hydrogens (tertiary/aromatic N) is 2. The second-order valence-electron chi connectivity index (χ2n) is 10.9. The Balaban J connectivity index is 1.13. The van der Waals surface area contributed by atoms with E-state index >= 15 is 0 Å². The van der Waals surface area contributed by atoms with E-state index in [-0.39, 0.29) is 17.3 Å². The molecule has 3 aromatic rings. The van der Waals surface area contributed by atoms with Crippen LogP contribution in [0.2, 0.25) is 0 Å². The highest BCUT2D eigenvalue weighted by atomic mass is 32.2. The maximum absolute atomic E-state index is 13.3. The summed E-state index contributed by atoms with van der Waals surface area (Å²) < 4.78 is 38.6. The van der Waals surface area contributed by atoms with Gasteiger partial charge in [0.2, 0.25) is 10.0 Å². The molecular formula is C31H38N4O5S. The summed E-state index contributed by atoms with van der Waals surface area (Å²) in [7, 11) is -0.746. The predicted molar refractivity (Wildman–Crippen MR) is 158 cm³/mol. The van der Waals surface area contributed by atoms with Crippen LogP contribution in [0.25, 0.3) is 0 Å². The molecule has 1 aromatic heterocycles. The summed E-state index contributed by atoms with van der Waals surface area (Å²) in [6.45, 7) is 3.94. The molecular weight excluding hydrogens is 540 g/mol. The van der Waals surface area contributed by atoms with Crippen molar-refractivity contribution in [3.05, 3.63) is 82.3 Å². The van der Waals surface area contributed by atoms with Crippen molar-refractivity contribution in [2.45, 2.75) is 69.5 Å². The molecule has 0 radical (unpaired) electrons. The number of aliphatic imine (C=N–C) groups is 1. The number of carbonyl (C=O) groups is 1. The normalized spacial score (nSPS) is 18.5. The fourth-order valence-corrected chi connectivity index (χ4v) is 7.24. The summed E-state index contributed by atoms with van der Waals surface area (Å²) in [5, 5.41) is 6.51. The Bertz CT molecular complexity index is 1520. The van der Waals surface area contributed by atoms with Crippen molar-refractivity contribution in [3.8, 4) is 5.75 Å². The van der Waals surface area contributed by atoms with Gasteiger partial charge in [-0.15, -0.1) is 0 Å². The number of benzene rings is 2. The Labute approximate surface area is 242 Å². The lowest BCUT2D eigenvalue weighted by molar-refractivity contribution is 0.0953. The van der Waals surface area contributed by atoms with Gasteiger partial charge in [-0.2, -0.15) is 4.31 Å². The first-order chi connectivity index (χ1) is 19.7. The summed E-state index contributed by atoms with van der Waals surface area (Å²) in [4.78, 5) is 17.8. The first-order valence-electron chi connectivity index (χ1n) is 14.1. The van der Waals surface area contributed by atoms with E-state index in [9.17, 15) is 13.2 Å². The maximum atomic E-state index is 13.3. The van der Waals surface area contributed by atoms with Crippen molar-refractivity contribution in [1.29, 1.82) is 0 Å². The molecule has 0 bridgehead atoms. The van der Waals surface area contributed by atoms with Crippen LogP contribution in [0.5, 0.6) is 5.75 Å². The van der Waals surface area contributed by atoms with Crippen molar-refractivity contribution < 1.29 is 22.4 Å². The van der Waals surface area contributed by atoms with Crippen LogP contribution in [-0.4, -0.2) is 57.3 Å². The van der Waals surface area contributed by atoms with Crippen LogP contribution >= 0.6 is 0 Å². The van der Waals surface area contributed by atoms with Crippen LogP contribution < -0.4 is 15.4 Å². The number of hydrogen-bond donors (Lipinski definition) is 2. The summed E-state index contributed by atoms with van der Waals surface area (Å²) in [6, 6.07) is 14.2. The monoisotopic (exact) mass is 578 g/mol. The minimum Gasteiger partial charge on any atom is -0.497 e. The number of hydrogen-bond acceptors (Lipinski definition) is 7. The summed E-state index contributed by atoms with van der Waals surface area (Å²) in [6.07, 6.45) is 6.92. The SMILES string of the molecule is COc1cc(C)c(S(=O)(=O)N(C)Cc2cc(C(=O)NCCc3ccc(C4=NC5CCCCC5N4)cc3)co2)c(C)c1. The third-order valence-electron chi connectivity index (χ3n) is 7.91. The van der Waals surface area contributed by atoms with E-state index in [0.29, 0.717) is 53.2 Å². The standard InChI is InChI=1S/C31H38N4O5S/c1-20-15-25(39-4)16-21(2)29(20)41(37,38)35(3)18-26-17-24(19-40-26)31(36)32-14-13-22-9-11-23(12-10-22)30-33-27-7-5-6-8-28(27)34-30/h9-12,15-17,19,27-28H,5-8,13-14,18H2,1-4H3,(H,32,36)(H,33,34). The van der Waals surface area contributed by atoms with Crippen molar-refractivity contribution in [1.82, 2.24) is 14.9 Å². The minimum absolute atomic E-state index is 0.00544. The van der Waals surface area contributed by atoms with Gasteiger partial charge in [0.05, 0.1) is 30.2 Å². The highest BCUT2D eigenvalue weighted by Gasteiger charge is 2.31. The van der Waals surface area contributed by atoms with Gasteiger partial charge < -0.3 is 19.8 Å². The topological polar surface area (TPSA) is 113 Å². The van der Waals surface area contributed by atoms with Crippen LogP contribution in [0.1, 0.15) is 64.1 Å². The van der Waals surface area contributed by atoms with Gasteiger partial charge in [0.15, 0.2) is 0 Å². The van der Waals surface area contributed by atoms with Crippen LogP contribution in [-0.2, 0) is 23.0 Å². The quantitative estimate of drug-likeness (QED) is 0.370. The molecule has 2 unspecified atom stereocenters. The molecule has 2 N–H and O–H groups in total. The zero-order valence-corrected chi connectivity index (χ0v) is 24.9. The number of aryl methyl sites for hydroxylation is 2. The van der Waals surface area contributed by atoms with Gasteiger partial charge >= 0.3 is 0 Å². The molecule has 9 nitrogen and oxygen atoms in total. The number of amidine groups is 1. The number of sulfonamides is 1. The van der Waals surface area contributed by atoms with Crippen molar-refractivity contribution in [2.75, 3.05) is 20.7 Å². The Hall–Kier alpha value is -3.63. The van der Waals surface area contributed by atoms with Gasteiger partial charge in [0.1, 0.15) is 23.6 Å². The molecule has 0 saturated heterocycles. The lowest BCUT2D eigenvalue weighted by Gasteiger charge is -2.23. The molecule has 41 heavy (non-hydrogen) atoms. The molecule has 1 amide bonds. The number of amides is 1. The van der Waals surface area contributed by atoms with Gasteiger partial charge in [-0.3, -0.25) is 9.79 Å². The van der Waals surface area contributed by atoms with Gasteiger partial charge in [0.25, 0.3) is 5.91 Å². The number of ether oxygens (including phenoxy) is 1. The average molecular weight is 579 g/mol. The minimum atomic E-state index is -3.79. The third-order valence-corrected chi connectivity index (χ3v) is 10.0. The zero-order chi connectivity index (χ0) is 29.1. The fraction of sp³-hybridized carbons (Fsp3) is 0.419. The molecule has 2 heterocycles. The first-order valence-corrected chi connectivity index (χ1v) is 15.5. The molecule has 10 heteroatoms. The second kappa shape index (κ2) is 12.1. The molecule has 5 rings (SSSR count). The summed E-state index contributed by atoms with van der Waals surface area (Å²) in [5.41, 5.74) is 3.77. The van der Waals surface area contributed by atoms with E-state index in [1.165, 1.54) is 36.9 Å². The Kier molecular flexibility index (Phi) is 8.51. The Morgan fingerprint density at radius 1 is 1.12 bits per heavy atom. The van der Waals surface area contributed by atoms with E-state index in [0.717, 1.165) is 23.4 Å². The highest BCUT2D eigenvalue weighted by molar-refractivity contribution is 7.89. The van der Waals surface area contributed by atoms with Gasteiger partial charge in [-0.25, -0.2) is 8.42 Å². The number of furan rings is 1. The Morgan fingerprint density at radius 3 is 2.51 bits per heavy atom. The van der Waals surface area contributed by atoms with Gasteiger partial charge in [0, 0.05) is 25.2 Å². The lowest BCUT2D eigenvalue weighted by Crippen LogP contribution is -2.36. The zero-order valence-electron chi connectivity index (χ0n) is 24.1. The molecule has 1 aliphatic carbocycles. The molecule has 1 aliphatic heterocycles. The van der Waals surface area contributed by atoms with Gasteiger partial charge in [-0.05, 0) is 68.0 Å². The van der Waals surface area contributed by atoms with E-state index in [2.05, 4.69) is 34.9 Å². The van der Waals surface area contributed by atoms with Crippen LogP contribution in [0.15, 0.2) is 63.0 Å². The van der Waals surface area contributed by atoms with Crippen LogP contribution in [0.3, 0.4) is 0 Å². The summed E-state index contributed by atoms with van der Waals surface area (Å²) >= 11 is 0. The molecule has 2 atom stereocenters. The largest absolute Gasteiger partial charge is 0.497 e. The van der Waals surface area contributed by atoms with E-state index < -0.39 is 10.0 Å². The van der Waals surface area contributed by atoms with Crippen LogP contribution in [0, 0.1) is 13.8 Å². The first kappa shape index (κ1) is 28.9. The third kappa shape index (κ3) is 6.33. The number of methoxy groups -OCH3 is 1. The number of carbonyl (C=O) groups excluding carboxylic acids is 1. The van der Waals surface area contributed by atoms with E-state index in [1.54, 1.807) is 39.2 Å². The Morgan fingerprint density at radius 2 is 1.83 bits per heavy atom. The number of rotatable bonds is 10. The van der Waals surface area contributed by atoms with Gasteiger partial charge in [-0.1, -0.05) is 37.1 Å². The second-order valence-corrected chi connectivity index (χ2v) is 12.9. The van der Waals surface area contributed by atoms with Crippen LogP contribution in [0.4, 0.5) is 0 Å². The smallest absolute Gasteiger partial charge is 0.254 e. The molecule has 2 aromatic carbocycles. The molecule has 1 saturated carbocycles. The lowest BCUT2D eigenvalue weighted by atomic mass is 9.92. The van der Waals surface area contributed by atoms with Crippen molar-refractivity contribution in [2.24, 2.45) is 4.99 Å². The number of nitrogens with one attached hydrogen (secondary N) is 2. The average Bonchev–Trinajstić information content (AvgIpc) is 3.60. The maximum Gasteiger partial charge on any atom is 0.254 e. The van der Waals surface area contributed by atoms with E-state index in [4.69, 9.17) is 14.1 Å². The van der Waals surface area contributed by atoms with Crippen molar-refractivity contribution >= 4 is 21.8 Å². The molecule has 2 aliphatic rings. The van der Waals surface area contributed by atoms with Crippen molar-refractivity contribution in [3.63, 3.8) is 0 Å².